The van der Waals surface area contributed by atoms with Gasteiger partial charge in [0, 0.05) is 25.5 Å². The number of aliphatic hydroxyl groups is 1. The molecule has 1 aromatic carbocycles. The van der Waals surface area contributed by atoms with E-state index in [1.165, 1.54) is 28.8 Å². The average molecular weight is 756 g/mol. The Bertz CT molecular complexity index is 1490. The highest BCUT2D eigenvalue weighted by atomic mass is 32.2. The van der Waals surface area contributed by atoms with Gasteiger partial charge in [0.1, 0.15) is 16.7 Å². The molecule has 0 bridgehead atoms. The van der Waals surface area contributed by atoms with Crippen LogP contribution in [0.15, 0.2) is 53.7 Å². The minimum Gasteiger partial charge on any atom is -0.481 e. The third-order valence-electron chi connectivity index (χ3n) is 8.58. The lowest BCUT2D eigenvalue weighted by molar-refractivity contribution is -0.0907. The number of unbranched alkanes of at least 4 members (excludes halogenated alkanes) is 2. The maximum atomic E-state index is 13.6. The van der Waals surface area contributed by atoms with E-state index in [0.717, 1.165) is 25.7 Å². The van der Waals surface area contributed by atoms with E-state index in [2.05, 4.69) is 10.3 Å². The second-order valence-corrected chi connectivity index (χ2v) is 17.2. The zero-order valence-corrected chi connectivity index (χ0v) is 31.8. The van der Waals surface area contributed by atoms with Crippen LogP contribution in [-0.2, 0) is 44.3 Å². The smallest absolute Gasteiger partial charge is 0.407 e. The standard InChI is InChI=1S/C35H54N3O11PS/c1-5-7-17-47-50(41,48-18-8-6-2)25-46-28-13-11-27(12-14-28)20-31(37-35(40)49-33-24-45-34-30(33)15-19-44-34)32(39)23-38(22-26(3)4)51(42,43)29-10-9-16-36-21-29/h9-14,16,21,26,30-34,39H,5-8,15,17-20,22-25H2,1-4H3,(H,37,40)/t30-,31-,32+,33-,34+/m0/s1. The molecule has 0 saturated carbocycles. The van der Waals surface area contributed by atoms with Gasteiger partial charge >= 0.3 is 13.7 Å². The Morgan fingerprint density at radius 3 is 2.41 bits per heavy atom. The Kier molecular flexibility index (Phi) is 16.1. The first-order valence-corrected chi connectivity index (χ1v) is 21.0. The monoisotopic (exact) mass is 755 g/mol. The molecule has 3 heterocycles. The highest BCUT2D eigenvalue weighted by Crippen LogP contribution is 2.48. The molecule has 2 aliphatic heterocycles. The van der Waals surface area contributed by atoms with Gasteiger partial charge in [-0.25, -0.2) is 13.2 Å². The summed E-state index contributed by atoms with van der Waals surface area (Å²) in [4.78, 5) is 17.2. The summed E-state index contributed by atoms with van der Waals surface area (Å²) in [5.41, 5.74) is 0.715. The number of sulfonamides is 1. The van der Waals surface area contributed by atoms with Gasteiger partial charge in [0.05, 0.1) is 44.5 Å². The minimum atomic E-state index is -4.02. The number of alkyl carbamates (subject to hydrolysis) is 1. The van der Waals surface area contributed by atoms with Gasteiger partial charge in [0.15, 0.2) is 12.6 Å². The van der Waals surface area contributed by atoms with Crippen LogP contribution in [0.3, 0.4) is 0 Å². The van der Waals surface area contributed by atoms with Crippen molar-refractivity contribution < 1.29 is 50.9 Å². The second-order valence-electron chi connectivity index (χ2n) is 13.3. The molecule has 51 heavy (non-hydrogen) atoms. The van der Waals surface area contributed by atoms with Gasteiger partial charge in [0.25, 0.3) is 0 Å². The summed E-state index contributed by atoms with van der Waals surface area (Å²) in [6, 6.07) is 8.94. The topological polar surface area (TPSA) is 172 Å². The number of aliphatic hydroxyl groups excluding tert-OH is 1. The van der Waals surface area contributed by atoms with Crippen LogP contribution in [0.25, 0.3) is 0 Å². The van der Waals surface area contributed by atoms with E-state index in [9.17, 15) is 22.9 Å². The maximum Gasteiger partial charge on any atom is 0.407 e. The maximum absolute atomic E-state index is 13.6. The second kappa shape index (κ2) is 20.0. The summed E-state index contributed by atoms with van der Waals surface area (Å²) in [6.45, 7) is 8.97. The van der Waals surface area contributed by atoms with Crippen LogP contribution in [0.1, 0.15) is 65.4 Å². The predicted molar refractivity (Wildman–Crippen MR) is 190 cm³/mol. The summed E-state index contributed by atoms with van der Waals surface area (Å²) < 4.78 is 75.8. The van der Waals surface area contributed by atoms with Gasteiger partial charge in [-0.3, -0.25) is 9.55 Å². The van der Waals surface area contributed by atoms with E-state index in [0.29, 0.717) is 37.6 Å². The highest BCUT2D eigenvalue weighted by molar-refractivity contribution is 7.89. The summed E-state index contributed by atoms with van der Waals surface area (Å²) in [6.07, 6.45) is 3.61. The van der Waals surface area contributed by atoms with E-state index in [1.807, 2.05) is 27.7 Å². The highest BCUT2D eigenvalue weighted by Gasteiger charge is 2.44. The zero-order valence-electron chi connectivity index (χ0n) is 30.1. The minimum absolute atomic E-state index is 0.00278. The number of hydrogen-bond donors (Lipinski definition) is 2. The van der Waals surface area contributed by atoms with Gasteiger partial charge in [-0.15, -0.1) is 0 Å². The molecule has 0 aliphatic carbocycles. The molecular weight excluding hydrogens is 701 g/mol. The third-order valence-corrected chi connectivity index (χ3v) is 12.0. The number of rotatable bonds is 22. The first kappa shape index (κ1) is 41.1. The fourth-order valence-corrected chi connectivity index (χ4v) is 8.68. The van der Waals surface area contributed by atoms with Gasteiger partial charge in [-0.05, 0) is 61.4 Å². The van der Waals surface area contributed by atoms with Crippen LogP contribution in [0.2, 0.25) is 0 Å². The summed E-state index contributed by atoms with van der Waals surface area (Å²) in [5, 5.41) is 14.4. The Balaban J connectivity index is 1.48. The number of fused-ring (bicyclic) bond motifs is 1. The molecule has 2 N–H and O–H groups in total. The molecule has 4 rings (SSSR count). The predicted octanol–water partition coefficient (Wildman–Crippen LogP) is 5.35. The molecule has 14 nitrogen and oxygen atoms in total. The van der Waals surface area contributed by atoms with Gasteiger partial charge in [-0.1, -0.05) is 52.7 Å². The summed E-state index contributed by atoms with van der Waals surface area (Å²) in [5.74, 6) is 0.296. The Hall–Kier alpha value is -2.62. The van der Waals surface area contributed by atoms with Crippen molar-refractivity contribution in [2.24, 2.45) is 11.8 Å². The molecule has 2 fully saturated rings. The van der Waals surface area contributed by atoms with E-state index in [1.54, 1.807) is 24.3 Å². The summed E-state index contributed by atoms with van der Waals surface area (Å²) >= 11 is 0. The molecule has 286 valence electrons. The molecule has 2 aliphatic rings. The van der Waals surface area contributed by atoms with E-state index >= 15 is 0 Å². The summed E-state index contributed by atoms with van der Waals surface area (Å²) in [7, 11) is -7.50. The Labute approximate surface area is 302 Å². The van der Waals surface area contributed by atoms with Crippen molar-refractivity contribution in [2.75, 3.05) is 45.9 Å². The number of nitrogens with one attached hydrogen (secondary N) is 1. The van der Waals surface area contributed by atoms with Crippen molar-refractivity contribution in [3.8, 4) is 5.75 Å². The van der Waals surface area contributed by atoms with Crippen LogP contribution in [-0.4, -0.2) is 99.3 Å². The number of ether oxygens (including phenoxy) is 4. The van der Waals surface area contributed by atoms with E-state index in [4.69, 9.17) is 28.0 Å². The fraction of sp³-hybridized carbons (Fsp3) is 0.657. The van der Waals surface area contributed by atoms with Crippen LogP contribution in [0.5, 0.6) is 5.75 Å². The van der Waals surface area contributed by atoms with Gasteiger partial charge in [-0.2, -0.15) is 4.31 Å². The number of benzene rings is 1. The number of hydrogen-bond acceptors (Lipinski definition) is 12. The molecule has 2 aromatic rings. The Morgan fingerprint density at radius 2 is 1.78 bits per heavy atom. The van der Waals surface area contributed by atoms with Crippen LogP contribution < -0.4 is 10.1 Å². The molecular formula is C35H54N3O11PS. The molecule has 0 radical (unpaired) electrons. The number of pyridine rings is 1. The number of amides is 1. The van der Waals surface area contributed by atoms with Crippen LogP contribution >= 0.6 is 7.60 Å². The van der Waals surface area contributed by atoms with Crippen molar-refractivity contribution in [1.29, 1.82) is 0 Å². The number of carbonyl (C=O) groups excluding carboxylic acids is 1. The molecule has 0 spiro atoms. The van der Waals surface area contributed by atoms with E-state index < -0.39 is 48.3 Å². The van der Waals surface area contributed by atoms with Crippen molar-refractivity contribution in [1.82, 2.24) is 14.6 Å². The SMILES string of the molecule is CCCCOP(=O)(COc1ccc(C[C@H](NC(=O)O[C@H]2CO[C@H]3OCC[C@H]32)[C@H](O)CN(CC(C)C)S(=O)(=O)c2cccnc2)cc1)OCCCC. The lowest BCUT2D eigenvalue weighted by Crippen LogP contribution is -2.51. The first-order chi connectivity index (χ1) is 24.4. The largest absolute Gasteiger partial charge is 0.481 e. The van der Waals surface area contributed by atoms with Crippen LogP contribution in [0.4, 0.5) is 4.79 Å². The Morgan fingerprint density at radius 1 is 1.08 bits per heavy atom. The fourth-order valence-electron chi connectivity index (χ4n) is 5.75. The van der Waals surface area contributed by atoms with Crippen LogP contribution in [0, 0.1) is 11.8 Å². The van der Waals surface area contributed by atoms with Crippen molar-refractivity contribution >= 4 is 23.7 Å². The zero-order chi connectivity index (χ0) is 36.9. The van der Waals surface area contributed by atoms with E-state index in [-0.39, 0.29) is 49.2 Å². The molecule has 5 atom stereocenters. The quantitative estimate of drug-likeness (QED) is 0.117. The molecule has 2 saturated heterocycles. The molecule has 1 aromatic heterocycles. The first-order valence-electron chi connectivity index (χ1n) is 17.8. The van der Waals surface area contributed by atoms with Gasteiger partial charge in [0.2, 0.25) is 10.0 Å². The van der Waals surface area contributed by atoms with Crippen molar-refractivity contribution in [3.05, 3.63) is 54.4 Å². The molecule has 16 heteroatoms. The van der Waals surface area contributed by atoms with Crippen molar-refractivity contribution in [2.45, 2.75) is 95.7 Å². The van der Waals surface area contributed by atoms with Gasteiger partial charge < -0.3 is 38.4 Å². The number of aromatic nitrogens is 1. The lowest BCUT2D eigenvalue weighted by Gasteiger charge is -2.31. The molecule has 0 unspecified atom stereocenters. The molecule has 1 amide bonds. The number of nitrogens with zero attached hydrogens (tertiary/aromatic N) is 2. The van der Waals surface area contributed by atoms with Crippen molar-refractivity contribution in [3.63, 3.8) is 0 Å². The number of carbonyl (C=O) groups is 1. The third kappa shape index (κ3) is 12.5. The normalized spacial score (nSPS) is 20.3. The lowest BCUT2D eigenvalue weighted by atomic mass is 10.0. The average Bonchev–Trinajstić information content (AvgIpc) is 3.73.